The number of hydrogen-bond acceptors (Lipinski definition) is 2. The Balaban J connectivity index is 2.23. The maximum absolute atomic E-state index is 11.4. The van der Waals surface area contributed by atoms with Crippen LogP contribution in [0.5, 0.6) is 0 Å². The number of nitro benzene ring substituents is 1. The molecule has 0 amide bonds. The number of hydrogen-bond donors (Lipinski definition) is 0. The Hall–Kier alpha value is -2.68. The molecule has 1 aliphatic carbocycles. The molecule has 1 aliphatic rings. The molecule has 3 heteroatoms. The normalized spacial score (nSPS) is 13.5. The summed E-state index contributed by atoms with van der Waals surface area (Å²) in [4.78, 5) is 11.1. The van der Waals surface area contributed by atoms with E-state index in [-0.39, 0.29) is 10.6 Å². The Bertz CT molecular complexity index is 925. The van der Waals surface area contributed by atoms with Crippen molar-refractivity contribution in [3.8, 4) is 0 Å². The number of nitro groups is 1. The minimum Gasteiger partial charge on any atom is -0.258 e. The second-order valence-electron chi connectivity index (χ2n) is 5.37. The van der Waals surface area contributed by atoms with Crippen molar-refractivity contribution < 1.29 is 4.92 Å². The lowest BCUT2D eigenvalue weighted by atomic mass is 9.89. The van der Waals surface area contributed by atoms with E-state index < -0.39 is 0 Å². The summed E-state index contributed by atoms with van der Waals surface area (Å²) in [5.74, 6) is 0. The van der Waals surface area contributed by atoms with E-state index in [1.54, 1.807) is 6.07 Å². The molecule has 0 N–H and O–H groups in total. The van der Waals surface area contributed by atoms with Crippen LogP contribution in [0, 0.1) is 10.1 Å². The maximum atomic E-state index is 11.4. The minimum atomic E-state index is -0.278. The molecule has 21 heavy (non-hydrogen) atoms. The van der Waals surface area contributed by atoms with Gasteiger partial charge < -0.3 is 0 Å². The van der Waals surface area contributed by atoms with E-state index in [1.165, 1.54) is 11.1 Å². The molecule has 4 rings (SSSR count). The highest BCUT2D eigenvalue weighted by atomic mass is 16.6. The summed E-state index contributed by atoms with van der Waals surface area (Å²) < 4.78 is 0. The van der Waals surface area contributed by atoms with Crippen LogP contribution >= 0.6 is 0 Å². The fraction of sp³-hybridized carbons (Fsp3) is 0.111. The van der Waals surface area contributed by atoms with Crippen molar-refractivity contribution in [2.75, 3.05) is 0 Å². The van der Waals surface area contributed by atoms with Gasteiger partial charge in [-0.2, -0.15) is 0 Å². The average molecular weight is 275 g/mol. The van der Waals surface area contributed by atoms with Gasteiger partial charge in [0.2, 0.25) is 0 Å². The SMILES string of the molecule is O=[N+]([O-])c1cc2c3c(ccc2c2ccccc12)C=CCC3. The van der Waals surface area contributed by atoms with Crippen molar-refractivity contribution >= 4 is 33.3 Å². The largest absolute Gasteiger partial charge is 0.277 e. The first-order valence-electron chi connectivity index (χ1n) is 7.04. The molecule has 3 nitrogen and oxygen atoms in total. The van der Waals surface area contributed by atoms with Gasteiger partial charge in [-0.15, -0.1) is 0 Å². The van der Waals surface area contributed by atoms with Gasteiger partial charge in [0, 0.05) is 6.07 Å². The number of nitrogens with zero attached hydrogens (tertiary/aromatic N) is 1. The summed E-state index contributed by atoms with van der Waals surface area (Å²) >= 11 is 0. The van der Waals surface area contributed by atoms with Crippen LogP contribution in [0.25, 0.3) is 27.6 Å². The van der Waals surface area contributed by atoms with Crippen molar-refractivity contribution in [3.63, 3.8) is 0 Å². The summed E-state index contributed by atoms with van der Waals surface area (Å²) in [6.45, 7) is 0. The lowest BCUT2D eigenvalue weighted by Crippen LogP contribution is -1.97. The molecule has 0 fully saturated rings. The molecule has 102 valence electrons. The van der Waals surface area contributed by atoms with Gasteiger partial charge in [0.25, 0.3) is 5.69 Å². The molecule has 0 atom stereocenters. The monoisotopic (exact) mass is 275 g/mol. The molecule has 3 aromatic carbocycles. The molecule has 0 heterocycles. The Labute approximate surface area is 121 Å². The Morgan fingerprint density at radius 2 is 1.71 bits per heavy atom. The predicted octanol–water partition coefficient (Wildman–Crippen LogP) is 4.86. The molecule has 0 radical (unpaired) electrons. The van der Waals surface area contributed by atoms with Crippen molar-refractivity contribution in [1.29, 1.82) is 0 Å². The van der Waals surface area contributed by atoms with Gasteiger partial charge in [-0.1, -0.05) is 42.5 Å². The summed E-state index contributed by atoms with van der Waals surface area (Å²) in [7, 11) is 0. The molecule has 0 saturated heterocycles. The number of fused-ring (bicyclic) bond motifs is 5. The minimum absolute atomic E-state index is 0.195. The number of benzene rings is 3. The summed E-state index contributed by atoms with van der Waals surface area (Å²) in [5.41, 5.74) is 2.60. The number of aryl methyl sites for hydroxylation is 1. The van der Waals surface area contributed by atoms with Crippen molar-refractivity contribution in [2.45, 2.75) is 12.8 Å². The summed E-state index contributed by atoms with van der Waals surface area (Å²) in [5, 5.41) is 15.2. The Kier molecular flexibility index (Phi) is 2.54. The van der Waals surface area contributed by atoms with Gasteiger partial charge >= 0.3 is 0 Å². The third-order valence-electron chi connectivity index (χ3n) is 4.22. The van der Waals surface area contributed by atoms with Gasteiger partial charge in [-0.05, 0) is 46.2 Å². The fourth-order valence-electron chi connectivity index (χ4n) is 3.26. The topological polar surface area (TPSA) is 43.1 Å². The first kappa shape index (κ1) is 12.1. The molecule has 0 bridgehead atoms. The second-order valence-corrected chi connectivity index (χ2v) is 5.37. The van der Waals surface area contributed by atoms with Gasteiger partial charge in [0.05, 0.1) is 10.3 Å². The van der Waals surface area contributed by atoms with E-state index in [1.807, 2.05) is 24.3 Å². The third kappa shape index (κ3) is 1.74. The van der Waals surface area contributed by atoms with Crippen LogP contribution in [0.2, 0.25) is 0 Å². The van der Waals surface area contributed by atoms with Gasteiger partial charge in [-0.3, -0.25) is 10.1 Å². The van der Waals surface area contributed by atoms with Crippen molar-refractivity contribution in [3.05, 3.63) is 69.8 Å². The smallest absolute Gasteiger partial charge is 0.258 e. The lowest BCUT2D eigenvalue weighted by Gasteiger charge is -2.15. The van der Waals surface area contributed by atoms with Crippen molar-refractivity contribution in [2.24, 2.45) is 0 Å². The van der Waals surface area contributed by atoms with Gasteiger partial charge in [0.1, 0.15) is 0 Å². The van der Waals surface area contributed by atoms with Crippen LogP contribution in [-0.4, -0.2) is 4.92 Å². The van der Waals surface area contributed by atoms with Crippen LogP contribution in [0.4, 0.5) is 5.69 Å². The average Bonchev–Trinajstić information content (AvgIpc) is 2.53. The molecule has 0 spiro atoms. The second kappa shape index (κ2) is 4.42. The van der Waals surface area contributed by atoms with E-state index >= 15 is 0 Å². The van der Waals surface area contributed by atoms with Crippen LogP contribution in [0.3, 0.4) is 0 Å². The maximum Gasteiger partial charge on any atom is 0.277 e. The molecule has 0 unspecified atom stereocenters. The summed E-state index contributed by atoms with van der Waals surface area (Å²) in [6, 6.07) is 13.5. The standard InChI is InChI=1S/C18H13NO2/c20-19(21)18-11-17-13-6-2-1-5-12(13)9-10-15(17)14-7-3-4-8-16(14)18/h1,3-5,7-11H,2,6H2. The van der Waals surface area contributed by atoms with E-state index in [4.69, 9.17) is 0 Å². The fourth-order valence-corrected chi connectivity index (χ4v) is 3.26. The van der Waals surface area contributed by atoms with E-state index in [2.05, 4.69) is 24.3 Å². The first-order valence-corrected chi connectivity index (χ1v) is 7.04. The van der Waals surface area contributed by atoms with Crippen molar-refractivity contribution in [1.82, 2.24) is 0 Å². The molecule has 0 saturated carbocycles. The van der Waals surface area contributed by atoms with E-state index in [9.17, 15) is 10.1 Å². The van der Waals surface area contributed by atoms with E-state index in [0.717, 1.165) is 29.0 Å². The molecule has 3 aromatic rings. The van der Waals surface area contributed by atoms with Gasteiger partial charge in [0.15, 0.2) is 0 Å². The summed E-state index contributed by atoms with van der Waals surface area (Å²) in [6.07, 6.45) is 6.20. The van der Waals surface area contributed by atoms with Crippen LogP contribution in [0.1, 0.15) is 17.5 Å². The molecular weight excluding hydrogens is 262 g/mol. The zero-order valence-corrected chi connectivity index (χ0v) is 11.4. The van der Waals surface area contributed by atoms with Crippen LogP contribution in [0.15, 0.2) is 48.5 Å². The highest BCUT2D eigenvalue weighted by molar-refractivity contribution is 6.13. The molecule has 0 aliphatic heterocycles. The lowest BCUT2D eigenvalue weighted by molar-refractivity contribution is -0.382. The quantitative estimate of drug-likeness (QED) is 0.361. The molecule has 0 aromatic heterocycles. The first-order chi connectivity index (χ1) is 10.3. The Morgan fingerprint density at radius 1 is 0.952 bits per heavy atom. The highest BCUT2D eigenvalue weighted by Gasteiger charge is 2.18. The van der Waals surface area contributed by atoms with Crippen LogP contribution in [-0.2, 0) is 6.42 Å². The van der Waals surface area contributed by atoms with Crippen LogP contribution < -0.4 is 0 Å². The van der Waals surface area contributed by atoms with E-state index in [0.29, 0.717) is 5.39 Å². The predicted molar refractivity (Wildman–Crippen MR) is 85.5 cm³/mol. The highest BCUT2D eigenvalue weighted by Crippen LogP contribution is 2.37. The number of allylic oxidation sites excluding steroid dienone is 1. The third-order valence-corrected chi connectivity index (χ3v) is 4.22. The zero-order chi connectivity index (χ0) is 14.4. The number of non-ortho nitro benzene ring substituents is 1. The molecular formula is C18H13NO2. The van der Waals surface area contributed by atoms with Gasteiger partial charge in [-0.25, -0.2) is 0 Å². The zero-order valence-electron chi connectivity index (χ0n) is 11.4. The number of rotatable bonds is 1. The Morgan fingerprint density at radius 3 is 2.52 bits per heavy atom.